The van der Waals surface area contributed by atoms with Crippen molar-refractivity contribution in [2.75, 3.05) is 11.1 Å². The van der Waals surface area contributed by atoms with Gasteiger partial charge >= 0.3 is 0 Å². The summed E-state index contributed by atoms with van der Waals surface area (Å²) >= 11 is 1.43. The molecule has 5 aromatic carbocycles. The van der Waals surface area contributed by atoms with E-state index in [1.54, 1.807) is 71.4 Å². The van der Waals surface area contributed by atoms with Gasteiger partial charge in [-0.25, -0.2) is 0 Å². The van der Waals surface area contributed by atoms with Crippen LogP contribution in [-0.2, 0) is 16.1 Å². The fourth-order valence-electron chi connectivity index (χ4n) is 6.18. The van der Waals surface area contributed by atoms with Crippen LogP contribution in [0.15, 0.2) is 133 Å². The molecule has 2 heterocycles. The molecule has 4 atom stereocenters. The van der Waals surface area contributed by atoms with Crippen LogP contribution in [-0.4, -0.2) is 54.0 Å². The minimum Gasteiger partial charge on any atom is -0.508 e. The molecule has 11 nitrogen and oxygen atoms in total. The van der Waals surface area contributed by atoms with Crippen molar-refractivity contribution in [2.24, 2.45) is 0 Å². The van der Waals surface area contributed by atoms with E-state index in [1.807, 2.05) is 48.5 Å². The van der Waals surface area contributed by atoms with Crippen molar-refractivity contribution < 1.29 is 29.3 Å². The lowest BCUT2D eigenvalue weighted by atomic mass is 9.84. The number of tetrazole rings is 1. The second kappa shape index (κ2) is 15.7. The first kappa shape index (κ1) is 34.8. The van der Waals surface area contributed by atoms with Crippen molar-refractivity contribution in [1.82, 2.24) is 20.2 Å². The summed E-state index contributed by atoms with van der Waals surface area (Å²) in [6.07, 6.45) is -1.75. The average Bonchev–Trinajstić information content (AvgIpc) is 3.66. The summed E-state index contributed by atoms with van der Waals surface area (Å²) in [6.45, 7) is 1.40. The summed E-state index contributed by atoms with van der Waals surface area (Å²) in [4.78, 5) is 25.4. The third kappa shape index (κ3) is 7.80. The molecule has 1 fully saturated rings. The number of nitrogens with zero attached hydrogens (tertiary/aromatic N) is 4. The number of phenols is 1. The maximum Gasteiger partial charge on any atom is 0.255 e. The van der Waals surface area contributed by atoms with Crippen molar-refractivity contribution in [1.29, 1.82) is 0 Å². The highest BCUT2D eigenvalue weighted by atomic mass is 32.2. The minimum absolute atomic E-state index is 0.0808. The number of benzene rings is 5. The quantitative estimate of drug-likeness (QED) is 0.0943. The van der Waals surface area contributed by atoms with Gasteiger partial charge in [0.05, 0.1) is 24.5 Å². The van der Waals surface area contributed by atoms with Crippen LogP contribution in [0.3, 0.4) is 0 Å². The number of Topliss-reactive ketones (excluding diaryl/α,β-unsaturated/α-hetero) is 1. The Morgan fingerprint density at radius 1 is 0.808 bits per heavy atom. The zero-order valence-corrected chi connectivity index (χ0v) is 28.9. The number of thioether (sulfide) groups is 1. The Morgan fingerprint density at radius 2 is 1.54 bits per heavy atom. The van der Waals surface area contributed by atoms with Crippen molar-refractivity contribution >= 4 is 29.1 Å². The number of rotatable bonds is 11. The molecule has 262 valence electrons. The summed E-state index contributed by atoms with van der Waals surface area (Å²) in [5.74, 6) is -0.118. The number of hydrogen-bond acceptors (Lipinski definition) is 10. The second-order valence-corrected chi connectivity index (χ2v) is 13.3. The van der Waals surface area contributed by atoms with Crippen LogP contribution in [0.5, 0.6) is 5.75 Å². The molecule has 0 saturated carbocycles. The zero-order chi connectivity index (χ0) is 36.0. The molecule has 0 bridgehead atoms. The first-order valence-corrected chi connectivity index (χ1v) is 17.6. The average molecular weight is 714 g/mol. The largest absolute Gasteiger partial charge is 0.508 e. The molecule has 52 heavy (non-hydrogen) atoms. The number of carbonyl (C=O) groups excluding carboxylic acids is 2. The molecule has 1 amide bonds. The van der Waals surface area contributed by atoms with Crippen LogP contribution in [0, 0.1) is 0 Å². The van der Waals surface area contributed by atoms with E-state index >= 15 is 0 Å². The highest BCUT2D eigenvalue weighted by molar-refractivity contribution is 7.99. The van der Waals surface area contributed by atoms with Crippen molar-refractivity contribution in [3.05, 3.63) is 161 Å². The van der Waals surface area contributed by atoms with Gasteiger partial charge in [-0.15, -0.1) is 5.10 Å². The molecule has 1 aromatic heterocycles. The summed E-state index contributed by atoms with van der Waals surface area (Å²) in [5.41, 5.74) is 5.46. The summed E-state index contributed by atoms with van der Waals surface area (Å²) in [6, 6.07) is 38.3. The van der Waals surface area contributed by atoms with Crippen LogP contribution >= 0.6 is 11.8 Å². The van der Waals surface area contributed by atoms with E-state index < -0.39 is 18.5 Å². The van der Waals surface area contributed by atoms with Crippen molar-refractivity contribution in [2.45, 2.75) is 43.1 Å². The van der Waals surface area contributed by atoms with Gasteiger partial charge in [-0.1, -0.05) is 90.6 Å². The van der Waals surface area contributed by atoms with Crippen LogP contribution in [0.1, 0.15) is 68.2 Å². The second-order valence-electron chi connectivity index (χ2n) is 12.3. The molecule has 12 heteroatoms. The number of amides is 1. The molecule has 0 spiro atoms. The number of phenolic OH excluding ortho intramolecular Hbond substituents is 1. The third-order valence-corrected chi connectivity index (χ3v) is 9.84. The molecule has 1 aliphatic rings. The normalized spacial score (nSPS) is 18.5. The van der Waals surface area contributed by atoms with Gasteiger partial charge in [-0.3, -0.25) is 9.59 Å². The third-order valence-electron chi connectivity index (χ3n) is 8.83. The fraction of sp³-hybridized carbons (Fsp3) is 0.175. The van der Waals surface area contributed by atoms with Gasteiger partial charge < -0.3 is 25.0 Å². The number of ether oxygens (including phenoxy) is 2. The van der Waals surface area contributed by atoms with Gasteiger partial charge in [0.25, 0.3) is 5.91 Å². The Bertz CT molecular complexity index is 2160. The van der Waals surface area contributed by atoms with Gasteiger partial charge in [0, 0.05) is 34.0 Å². The molecular formula is C40H35N5O6S. The Hall–Kier alpha value is -5.66. The van der Waals surface area contributed by atoms with Gasteiger partial charge in [-0.2, -0.15) is 4.68 Å². The Kier molecular flexibility index (Phi) is 10.5. The van der Waals surface area contributed by atoms with E-state index in [9.17, 15) is 19.8 Å². The maximum atomic E-state index is 13.4. The fourth-order valence-corrected chi connectivity index (χ4v) is 7.14. The summed E-state index contributed by atoms with van der Waals surface area (Å²) < 4.78 is 15.3. The number of aliphatic hydroxyl groups is 1. The van der Waals surface area contributed by atoms with E-state index in [4.69, 9.17) is 9.47 Å². The smallest absolute Gasteiger partial charge is 0.255 e. The Morgan fingerprint density at radius 3 is 2.29 bits per heavy atom. The number of aromatic nitrogens is 4. The lowest BCUT2D eigenvalue weighted by molar-refractivity contribution is -0.255. The highest BCUT2D eigenvalue weighted by Crippen LogP contribution is 2.48. The van der Waals surface area contributed by atoms with E-state index in [-0.39, 0.29) is 30.0 Å². The molecular weight excluding hydrogens is 679 g/mol. The van der Waals surface area contributed by atoms with Crippen molar-refractivity contribution in [3.8, 4) is 11.4 Å². The minimum atomic E-state index is -0.852. The number of carbonyl (C=O) groups is 2. The van der Waals surface area contributed by atoms with Crippen LogP contribution in [0.25, 0.3) is 5.69 Å². The van der Waals surface area contributed by atoms with Gasteiger partial charge in [0.15, 0.2) is 12.1 Å². The maximum absolute atomic E-state index is 13.4. The molecule has 7 rings (SSSR count). The number of anilines is 1. The first-order valence-electron chi connectivity index (χ1n) is 16.6. The SMILES string of the molecule is CC(=O)c1cccc(NC(=O)c2cccc(C3O[C@H](CSc4nnnn4-c4ccc(O)cc4)[C@@H](c4ccccc4)[C@H](c4ccc(CO)cc4)O3)c2)c1. The highest BCUT2D eigenvalue weighted by Gasteiger charge is 2.42. The molecule has 1 saturated heterocycles. The zero-order valence-electron chi connectivity index (χ0n) is 28.1. The van der Waals surface area contributed by atoms with Gasteiger partial charge in [0.2, 0.25) is 5.16 Å². The van der Waals surface area contributed by atoms with Crippen molar-refractivity contribution in [3.63, 3.8) is 0 Å². The number of nitrogens with one attached hydrogen (secondary N) is 1. The molecule has 0 radical (unpaired) electrons. The van der Waals surface area contributed by atoms with Crippen LogP contribution in [0.2, 0.25) is 0 Å². The van der Waals surface area contributed by atoms with Crippen LogP contribution < -0.4 is 5.32 Å². The lowest BCUT2D eigenvalue weighted by Crippen LogP contribution is -2.38. The predicted octanol–water partition coefficient (Wildman–Crippen LogP) is 7.05. The number of ketones is 1. The molecule has 6 aromatic rings. The predicted molar refractivity (Wildman–Crippen MR) is 195 cm³/mol. The van der Waals surface area contributed by atoms with Crippen LogP contribution in [0.4, 0.5) is 5.69 Å². The molecule has 1 aliphatic heterocycles. The van der Waals surface area contributed by atoms with E-state index in [0.717, 1.165) is 16.7 Å². The topological polar surface area (TPSA) is 149 Å². The monoisotopic (exact) mass is 713 g/mol. The number of aliphatic hydroxyl groups excluding tert-OH is 1. The first-order chi connectivity index (χ1) is 25.4. The van der Waals surface area contributed by atoms with E-state index in [2.05, 4.69) is 33.0 Å². The Balaban J connectivity index is 1.22. The summed E-state index contributed by atoms with van der Waals surface area (Å²) in [7, 11) is 0. The molecule has 1 unspecified atom stereocenters. The lowest BCUT2D eigenvalue weighted by Gasteiger charge is -2.43. The standard InChI is InChI=1S/C40H35N5O6S/c1-25(47)29-9-6-12-32(22-29)41-38(49)30-10-5-11-31(21-30)39-50-35(24-52-40-42-43-44-45(40)33-17-19-34(48)20-18-33)36(27-7-3-2-4-8-27)37(51-39)28-15-13-26(23-46)14-16-28/h2-22,35-37,39,46,48H,23-24H2,1H3,(H,41,49)/t35-,36-,37+,39?/m1/s1. The van der Waals surface area contributed by atoms with Gasteiger partial charge in [0.1, 0.15) is 5.75 Å². The summed E-state index contributed by atoms with van der Waals surface area (Å²) in [5, 5.41) is 35.4. The number of hydrogen-bond donors (Lipinski definition) is 3. The Labute approximate surface area is 304 Å². The van der Waals surface area contributed by atoms with Gasteiger partial charge in [-0.05, 0) is 82.6 Å². The molecule has 3 N–H and O–H groups in total. The number of aromatic hydroxyl groups is 1. The molecule has 0 aliphatic carbocycles. The van der Waals surface area contributed by atoms with E-state index in [1.165, 1.54) is 18.7 Å². The van der Waals surface area contributed by atoms with E-state index in [0.29, 0.717) is 39.0 Å².